The van der Waals surface area contributed by atoms with Crippen LogP contribution in [0.4, 0.5) is 4.39 Å². The Morgan fingerprint density at radius 1 is 1.12 bits per heavy atom. The zero-order valence-electron chi connectivity index (χ0n) is 19.6. The number of hydrogen-bond acceptors (Lipinski definition) is 5. The Balaban J connectivity index is 2.20. The van der Waals surface area contributed by atoms with Gasteiger partial charge in [-0.1, -0.05) is 35.9 Å². The minimum Gasteiger partial charge on any atom is -0.466 e. The van der Waals surface area contributed by atoms with Gasteiger partial charge < -0.3 is 14.6 Å². The van der Waals surface area contributed by atoms with E-state index in [1.54, 1.807) is 45.9 Å². The highest BCUT2D eigenvalue weighted by Crippen LogP contribution is 2.28. The molecule has 0 aliphatic heterocycles. The van der Waals surface area contributed by atoms with Crippen molar-refractivity contribution in [2.75, 3.05) is 13.2 Å². The summed E-state index contributed by atoms with van der Waals surface area (Å²) in [4.78, 5) is 24.7. The smallest absolute Gasteiger partial charge is 0.311 e. The van der Waals surface area contributed by atoms with Gasteiger partial charge in [-0.3, -0.25) is 9.59 Å². The van der Waals surface area contributed by atoms with Crippen LogP contribution in [0.2, 0.25) is 5.02 Å². The van der Waals surface area contributed by atoms with Gasteiger partial charge in [-0.25, -0.2) is 4.39 Å². The second-order valence-electron chi connectivity index (χ2n) is 9.05. The Morgan fingerprint density at radius 3 is 2.36 bits per heavy atom. The molecule has 5 nitrogen and oxygen atoms in total. The molecular formula is C26H32ClFO5. The largest absolute Gasteiger partial charge is 0.466 e. The van der Waals surface area contributed by atoms with E-state index in [9.17, 15) is 19.1 Å². The lowest BCUT2D eigenvalue weighted by Crippen LogP contribution is -2.29. The van der Waals surface area contributed by atoms with Gasteiger partial charge in [-0.05, 0) is 75.8 Å². The number of benzene rings is 2. The van der Waals surface area contributed by atoms with E-state index in [0.717, 1.165) is 5.56 Å². The van der Waals surface area contributed by atoms with Gasteiger partial charge in [0, 0.05) is 17.0 Å². The van der Waals surface area contributed by atoms with E-state index in [0.29, 0.717) is 22.6 Å². The van der Waals surface area contributed by atoms with Crippen LogP contribution in [0, 0.1) is 17.7 Å². The first-order chi connectivity index (χ1) is 15.5. The van der Waals surface area contributed by atoms with Gasteiger partial charge in [0.05, 0.1) is 19.1 Å². The summed E-state index contributed by atoms with van der Waals surface area (Å²) in [5.74, 6) is -2.20. The molecule has 0 fully saturated rings. The molecule has 0 saturated carbocycles. The van der Waals surface area contributed by atoms with Crippen LogP contribution < -0.4 is 0 Å². The second kappa shape index (κ2) is 12.1. The van der Waals surface area contributed by atoms with Crippen LogP contribution >= 0.6 is 11.6 Å². The molecule has 0 unspecified atom stereocenters. The van der Waals surface area contributed by atoms with Crippen molar-refractivity contribution in [3.05, 3.63) is 58.9 Å². The predicted octanol–water partition coefficient (Wildman–Crippen LogP) is 5.60. The molecule has 0 aliphatic carbocycles. The summed E-state index contributed by atoms with van der Waals surface area (Å²) in [6.07, 6.45) is 0.852. The molecule has 0 radical (unpaired) electrons. The van der Waals surface area contributed by atoms with E-state index in [4.69, 9.17) is 21.1 Å². The molecule has 2 aromatic carbocycles. The number of hydrogen-bond donors (Lipinski definition) is 1. The fourth-order valence-electron chi connectivity index (χ4n) is 3.64. The third-order valence-corrected chi connectivity index (χ3v) is 5.29. The maximum absolute atomic E-state index is 14.2. The quantitative estimate of drug-likeness (QED) is 0.450. The zero-order chi connectivity index (χ0) is 24.6. The molecule has 2 aromatic rings. The normalized spacial score (nSPS) is 13.3. The van der Waals surface area contributed by atoms with Crippen molar-refractivity contribution in [1.82, 2.24) is 0 Å². The van der Waals surface area contributed by atoms with Crippen LogP contribution in [0.15, 0.2) is 42.5 Å². The number of carbonyl (C=O) groups is 2. The number of ether oxygens (including phenoxy) is 2. The predicted molar refractivity (Wildman–Crippen MR) is 126 cm³/mol. The minimum atomic E-state index is -0.725. The number of aliphatic hydroxyl groups excluding tert-OH is 1. The number of halogens is 2. The maximum Gasteiger partial charge on any atom is 0.311 e. The molecular weight excluding hydrogens is 447 g/mol. The molecule has 2 rings (SSSR count). The Kier molecular flexibility index (Phi) is 9.87. The molecule has 1 N–H and O–H groups in total. The third-order valence-electron chi connectivity index (χ3n) is 5.05. The molecule has 180 valence electrons. The molecule has 7 heteroatoms. The fraction of sp³-hybridized carbons (Fsp3) is 0.462. The van der Waals surface area contributed by atoms with Gasteiger partial charge in [0.1, 0.15) is 11.4 Å². The first-order valence-corrected chi connectivity index (χ1v) is 11.4. The summed E-state index contributed by atoms with van der Waals surface area (Å²) in [6, 6.07) is 11.7. The summed E-state index contributed by atoms with van der Waals surface area (Å²) in [6.45, 7) is 6.94. The molecule has 0 aliphatic rings. The highest BCUT2D eigenvalue weighted by molar-refractivity contribution is 6.30. The fourth-order valence-corrected chi connectivity index (χ4v) is 3.81. The van der Waals surface area contributed by atoms with Crippen molar-refractivity contribution in [3.63, 3.8) is 0 Å². The number of aliphatic hydroxyl groups is 1. The van der Waals surface area contributed by atoms with E-state index in [1.807, 2.05) is 12.1 Å². The standard InChI is InChI=1S/C26H32ClFO5/c1-5-32-25(31)20(16-29)13-18(14-24(30)33-26(2,3)4)12-17-6-8-19(9-7-17)22-15-21(27)10-11-23(22)28/h6-11,15,18,20,29H,5,12-14,16H2,1-4H3/t18-,20+/m1/s1. The van der Waals surface area contributed by atoms with Crippen molar-refractivity contribution >= 4 is 23.5 Å². The Hall–Kier alpha value is -2.44. The third kappa shape index (κ3) is 8.78. The molecule has 0 saturated heterocycles. The highest BCUT2D eigenvalue weighted by Gasteiger charge is 2.27. The van der Waals surface area contributed by atoms with Gasteiger partial charge in [0.2, 0.25) is 0 Å². The SMILES string of the molecule is CCOC(=O)[C@H](CO)C[C@H](CC(=O)OC(C)(C)C)Cc1ccc(-c2cc(Cl)ccc2F)cc1. The summed E-state index contributed by atoms with van der Waals surface area (Å²) < 4.78 is 24.7. The van der Waals surface area contributed by atoms with Gasteiger partial charge in [-0.2, -0.15) is 0 Å². The monoisotopic (exact) mass is 478 g/mol. The zero-order valence-corrected chi connectivity index (χ0v) is 20.3. The summed E-state index contributed by atoms with van der Waals surface area (Å²) in [5.41, 5.74) is 1.38. The summed E-state index contributed by atoms with van der Waals surface area (Å²) in [5, 5.41) is 10.2. The number of esters is 2. The lowest BCUT2D eigenvalue weighted by atomic mass is 9.87. The molecule has 2 atom stereocenters. The first kappa shape index (κ1) is 26.8. The topological polar surface area (TPSA) is 72.8 Å². The van der Waals surface area contributed by atoms with Crippen molar-refractivity contribution in [1.29, 1.82) is 0 Å². The van der Waals surface area contributed by atoms with Crippen LogP contribution in [0.5, 0.6) is 0 Å². The number of carbonyl (C=O) groups excluding carboxylic acids is 2. The van der Waals surface area contributed by atoms with Crippen molar-refractivity contribution in [2.45, 2.75) is 52.6 Å². The van der Waals surface area contributed by atoms with E-state index in [-0.39, 0.29) is 43.8 Å². The van der Waals surface area contributed by atoms with Crippen LogP contribution in [0.3, 0.4) is 0 Å². The average molecular weight is 479 g/mol. The van der Waals surface area contributed by atoms with Crippen molar-refractivity contribution in [2.24, 2.45) is 11.8 Å². The summed E-state index contributed by atoms with van der Waals surface area (Å²) in [7, 11) is 0. The summed E-state index contributed by atoms with van der Waals surface area (Å²) >= 11 is 6.00. The van der Waals surface area contributed by atoms with Crippen LogP contribution in [-0.4, -0.2) is 35.9 Å². The van der Waals surface area contributed by atoms with Crippen molar-refractivity contribution in [3.8, 4) is 11.1 Å². The van der Waals surface area contributed by atoms with E-state index >= 15 is 0 Å². The van der Waals surface area contributed by atoms with Crippen LogP contribution in [0.25, 0.3) is 11.1 Å². The Bertz CT molecular complexity index is 937. The number of rotatable bonds is 10. The van der Waals surface area contributed by atoms with Crippen molar-refractivity contribution < 1.29 is 28.6 Å². The Morgan fingerprint density at radius 2 is 1.79 bits per heavy atom. The average Bonchev–Trinajstić information content (AvgIpc) is 2.73. The van der Waals surface area contributed by atoms with Gasteiger partial charge in [0.25, 0.3) is 0 Å². The van der Waals surface area contributed by atoms with Gasteiger partial charge in [-0.15, -0.1) is 0 Å². The minimum absolute atomic E-state index is 0.0951. The maximum atomic E-state index is 14.2. The van der Waals surface area contributed by atoms with Crippen LogP contribution in [0.1, 0.15) is 46.1 Å². The second-order valence-corrected chi connectivity index (χ2v) is 9.49. The molecule has 33 heavy (non-hydrogen) atoms. The molecule has 0 aromatic heterocycles. The van der Waals surface area contributed by atoms with E-state index in [1.165, 1.54) is 12.1 Å². The van der Waals surface area contributed by atoms with Gasteiger partial charge in [0.15, 0.2) is 0 Å². The Labute approximate surface area is 199 Å². The lowest BCUT2D eigenvalue weighted by Gasteiger charge is -2.24. The van der Waals surface area contributed by atoms with E-state index in [2.05, 4.69) is 0 Å². The highest BCUT2D eigenvalue weighted by atomic mass is 35.5. The van der Waals surface area contributed by atoms with Gasteiger partial charge >= 0.3 is 11.9 Å². The lowest BCUT2D eigenvalue weighted by molar-refractivity contribution is -0.157. The van der Waals surface area contributed by atoms with E-state index < -0.39 is 17.5 Å². The molecule has 0 heterocycles. The molecule has 0 spiro atoms. The molecule has 0 amide bonds. The molecule has 0 bridgehead atoms. The first-order valence-electron chi connectivity index (χ1n) is 11.1. The van der Waals surface area contributed by atoms with Crippen LogP contribution in [-0.2, 0) is 25.5 Å².